The molecule has 2 N–H and O–H groups in total. The van der Waals surface area contributed by atoms with Gasteiger partial charge in [0.2, 0.25) is 10.0 Å². The maximum absolute atomic E-state index is 11.8. The van der Waals surface area contributed by atoms with Crippen molar-refractivity contribution >= 4 is 16.0 Å². The van der Waals surface area contributed by atoms with Crippen LogP contribution >= 0.6 is 0 Å². The number of rotatable bonds is 9. The first-order chi connectivity index (χ1) is 8.95. The van der Waals surface area contributed by atoms with Gasteiger partial charge < -0.3 is 9.84 Å². The van der Waals surface area contributed by atoms with E-state index in [2.05, 4.69) is 9.82 Å². The zero-order chi connectivity index (χ0) is 14.3. The van der Waals surface area contributed by atoms with Gasteiger partial charge in [0.25, 0.3) is 0 Å². The molecule has 0 atom stereocenters. The molecule has 1 rings (SSSR count). The summed E-state index contributed by atoms with van der Waals surface area (Å²) in [6.45, 7) is 0.511. The lowest BCUT2D eigenvalue weighted by atomic mass is 10.3. The number of carboxylic acid groups (broad SMARTS) is 1. The van der Waals surface area contributed by atoms with E-state index in [0.29, 0.717) is 19.6 Å². The summed E-state index contributed by atoms with van der Waals surface area (Å²) >= 11 is 0. The van der Waals surface area contributed by atoms with E-state index < -0.39 is 16.0 Å². The second kappa shape index (κ2) is 7.22. The number of carboxylic acids is 1. The lowest BCUT2D eigenvalue weighted by Crippen LogP contribution is -2.24. The summed E-state index contributed by atoms with van der Waals surface area (Å²) in [6.07, 6.45) is 3.74. The van der Waals surface area contributed by atoms with Crippen LogP contribution in [0.2, 0.25) is 0 Å². The van der Waals surface area contributed by atoms with Crippen LogP contribution in [0, 0.1) is 0 Å². The van der Waals surface area contributed by atoms with Gasteiger partial charge in [-0.05, 0) is 12.8 Å². The predicted molar refractivity (Wildman–Crippen MR) is 66.2 cm³/mol. The Morgan fingerprint density at radius 2 is 2.26 bits per heavy atom. The number of unbranched alkanes of at least 4 members (excludes halogenated alkanes) is 1. The first kappa shape index (κ1) is 15.6. The second-order valence-corrected chi connectivity index (χ2v) is 5.63. The molecule has 1 aromatic rings. The number of methoxy groups -OCH3 is 1. The van der Waals surface area contributed by atoms with Crippen molar-refractivity contribution in [3.8, 4) is 0 Å². The molecule has 0 saturated carbocycles. The number of aliphatic carboxylic acids is 1. The summed E-state index contributed by atoms with van der Waals surface area (Å²) < 4.78 is 32.0. The lowest BCUT2D eigenvalue weighted by molar-refractivity contribution is -0.137. The number of aromatic nitrogens is 2. The van der Waals surface area contributed by atoms with Crippen LogP contribution in [-0.2, 0) is 26.1 Å². The summed E-state index contributed by atoms with van der Waals surface area (Å²) in [5.74, 6) is -1.08. The molecular weight excluding hydrogens is 274 g/mol. The molecule has 0 aliphatic carbocycles. The topological polar surface area (TPSA) is 111 Å². The van der Waals surface area contributed by atoms with E-state index in [9.17, 15) is 13.2 Å². The van der Waals surface area contributed by atoms with Gasteiger partial charge in [0.1, 0.15) is 11.4 Å². The highest BCUT2D eigenvalue weighted by Crippen LogP contribution is 2.06. The minimum atomic E-state index is -3.63. The van der Waals surface area contributed by atoms with E-state index in [-0.39, 0.29) is 11.4 Å². The van der Waals surface area contributed by atoms with Crippen LogP contribution in [0.4, 0.5) is 0 Å². The fourth-order valence-corrected chi connectivity index (χ4v) is 2.40. The molecule has 0 amide bonds. The van der Waals surface area contributed by atoms with Crippen molar-refractivity contribution in [2.24, 2.45) is 0 Å². The zero-order valence-electron chi connectivity index (χ0n) is 10.6. The van der Waals surface area contributed by atoms with E-state index >= 15 is 0 Å². The third-order valence-corrected chi connectivity index (χ3v) is 3.70. The highest BCUT2D eigenvalue weighted by atomic mass is 32.2. The Kier molecular flexibility index (Phi) is 5.93. The molecule has 0 unspecified atom stereocenters. The van der Waals surface area contributed by atoms with Crippen molar-refractivity contribution in [2.75, 3.05) is 20.3 Å². The molecule has 0 spiro atoms. The molecule has 19 heavy (non-hydrogen) atoms. The molecule has 0 aliphatic heterocycles. The molecule has 0 fully saturated rings. The van der Waals surface area contributed by atoms with E-state index in [0.717, 1.165) is 17.3 Å². The Morgan fingerprint density at radius 1 is 1.53 bits per heavy atom. The summed E-state index contributed by atoms with van der Waals surface area (Å²) in [5.41, 5.74) is 0. The fraction of sp³-hybridized carbons (Fsp3) is 0.600. The van der Waals surface area contributed by atoms with Crippen LogP contribution in [0.1, 0.15) is 12.8 Å². The smallest absolute Gasteiger partial charge is 0.325 e. The lowest BCUT2D eigenvalue weighted by Gasteiger charge is -2.04. The third-order valence-electron chi connectivity index (χ3n) is 2.28. The molecule has 0 radical (unpaired) electrons. The Morgan fingerprint density at radius 3 is 2.89 bits per heavy atom. The van der Waals surface area contributed by atoms with Crippen LogP contribution in [0.15, 0.2) is 17.3 Å². The van der Waals surface area contributed by atoms with Crippen molar-refractivity contribution in [1.29, 1.82) is 0 Å². The van der Waals surface area contributed by atoms with Crippen molar-refractivity contribution in [3.63, 3.8) is 0 Å². The van der Waals surface area contributed by atoms with Gasteiger partial charge in [-0.15, -0.1) is 0 Å². The molecule has 108 valence electrons. The monoisotopic (exact) mass is 291 g/mol. The molecular formula is C10H17N3O5S. The number of ether oxygens (including phenoxy) is 1. The maximum Gasteiger partial charge on any atom is 0.325 e. The standard InChI is InChI=1S/C10H17N3O5S/c1-18-5-3-2-4-12-19(16,17)9-6-11-13(7-9)8-10(14)15/h6-7,12H,2-5,8H2,1H3,(H,14,15). The zero-order valence-corrected chi connectivity index (χ0v) is 11.4. The van der Waals surface area contributed by atoms with Crippen molar-refractivity contribution < 1.29 is 23.1 Å². The van der Waals surface area contributed by atoms with Crippen LogP contribution in [0.25, 0.3) is 0 Å². The summed E-state index contributed by atoms with van der Waals surface area (Å²) in [4.78, 5) is 10.4. The van der Waals surface area contributed by atoms with Gasteiger partial charge >= 0.3 is 5.97 Å². The predicted octanol–water partition coefficient (Wildman–Crippen LogP) is -0.327. The van der Waals surface area contributed by atoms with Gasteiger partial charge in [-0.3, -0.25) is 9.48 Å². The van der Waals surface area contributed by atoms with Gasteiger partial charge in [-0.1, -0.05) is 0 Å². The van der Waals surface area contributed by atoms with E-state index in [1.807, 2.05) is 0 Å². The summed E-state index contributed by atoms with van der Waals surface area (Å²) in [7, 11) is -2.05. The second-order valence-electron chi connectivity index (χ2n) is 3.87. The highest BCUT2D eigenvalue weighted by Gasteiger charge is 2.16. The van der Waals surface area contributed by atoms with Gasteiger partial charge in [0.05, 0.1) is 6.20 Å². The average molecular weight is 291 g/mol. The first-order valence-electron chi connectivity index (χ1n) is 5.68. The van der Waals surface area contributed by atoms with E-state index in [1.54, 1.807) is 7.11 Å². The van der Waals surface area contributed by atoms with Crippen LogP contribution in [-0.4, -0.2) is 49.5 Å². The molecule has 0 aliphatic rings. The average Bonchev–Trinajstić information content (AvgIpc) is 2.77. The van der Waals surface area contributed by atoms with Crippen LogP contribution in [0.5, 0.6) is 0 Å². The quantitative estimate of drug-likeness (QED) is 0.603. The largest absolute Gasteiger partial charge is 0.480 e. The summed E-state index contributed by atoms with van der Waals surface area (Å²) in [5, 5.41) is 12.2. The van der Waals surface area contributed by atoms with E-state index in [1.165, 1.54) is 6.20 Å². The Hall–Kier alpha value is -1.45. The Labute approximate surface area is 111 Å². The summed E-state index contributed by atoms with van der Waals surface area (Å²) in [6, 6.07) is 0. The molecule has 8 nitrogen and oxygen atoms in total. The molecule has 0 saturated heterocycles. The minimum Gasteiger partial charge on any atom is -0.480 e. The van der Waals surface area contributed by atoms with Crippen LogP contribution in [0.3, 0.4) is 0 Å². The minimum absolute atomic E-state index is 0.0412. The molecule has 0 bridgehead atoms. The van der Waals surface area contributed by atoms with Gasteiger partial charge in [-0.2, -0.15) is 5.10 Å². The maximum atomic E-state index is 11.8. The van der Waals surface area contributed by atoms with Gasteiger partial charge in [-0.25, -0.2) is 13.1 Å². The number of carbonyl (C=O) groups is 1. The third kappa shape index (κ3) is 5.37. The van der Waals surface area contributed by atoms with Gasteiger partial charge in [0.15, 0.2) is 0 Å². The number of hydrogen-bond donors (Lipinski definition) is 2. The highest BCUT2D eigenvalue weighted by molar-refractivity contribution is 7.89. The SMILES string of the molecule is COCCCCNS(=O)(=O)c1cnn(CC(=O)O)c1. The Balaban J connectivity index is 2.52. The molecule has 1 heterocycles. The normalized spacial score (nSPS) is 11.6. The molecule has 1 aromatic heterocycles. The van der Waals surface area contributed by atoms with Gasteiger partial charge in [0, 0.05) is 26.5 Å². The Bertz CT molecular complexity index is 511. The first-order valence-corrected chi connectivity index (χ1v) is 7.17. The van der Waals surface area contributed by atoms with E-state index in [4.69, 9.17) is 9.84 Å². The number of nitrogens with zero attached hydrogens (tertiary/aromatic N) is 2. The van der Waals surface area contributed by atoms with Crippen LogP contribution < -0.4 is 4.72 Å². The molecule has 9 heteroatoms. The van der Waals surface area contributed by atoms with Crippen molar-refractivity contribution in [1.82, 2.24) is 14.5 Å². The van der Waals surface area contributed by atoms with Crippen molar-refractivity contribution in [2.45, 2.75) is 24.3 Å². The number of sulfonamides is 1. The fourth-order valence-electron chi connectivity index (χ4n) is 1.37. The molecule has 0 aromatic carbocycles. The number of hydrogen-bond acceptors (Lipinski definition) is 5. The number of nitrogens with one attached hydrogen (secondary N) is 1. The van der Waals surface area contributed by atoms with Crippen molar-refractivity contribution in [3.05, 3.63) is 12.4 Å².